The van der Waals surface area contributed by atoms with Crippen LogP contribution in [-0.4, -0.2) is 13.1 Å². The number of allylic oxidation sites excluding steroid dienone is 2. The van der Waals surface area contributed by atoms with Gasteiger partial charge in [0.25, 0.3) is 0 Å². The van der Waals surface area contributed by atoms with Crippen molar-refractivity contribution in [2.75, 3.05) is 18.0 Å². The van der Waals surface area contributed by atoms with Gasteiger partial charge in [0.05, 0.1) is 0 Å². The maximum absolute atomic E-state index is 2.35. The third kappa shape index (κ3) is 4.64. The van der Waals surface area contributed by atoms with Crippen molar-refractivity contribution in [3.05, 3.63) is 77.9 Å². The van der Waals surface area contributed by atoms with Crippen LogP contribution in [0.4, 0.5) is 5.69 Å². The van der Waals surface area contributed by atoms with Crippen molar-refractivity contribution in [2.24, 2.45) is 0 Å². The van der Waals surface area contributed by atoms with Crippen LogP contribution < -0.4 is 4.90 Å². The zero-order chi connectivity index (χ0) is 14.9. The fourth-order valence-corrected chi connectivity index (χ4v) is 2.28. The average molecular weight is 277 g/mol. The van der Waals surface area contributed by atoms with Crippen molar-refractivity contribution in [1.29, 1.82) is 0 Å². The van der Waals surface area contributed by atoms with Gasteiger partial charge >= 0.3 is 0 Å². The Hall–Kier alpha value is -2.28. The van der Waals surface area contributed by atoms with Crippen molar-refractivity contribution in [3.8, 4) is 0 Å². The molecule has 2 rings (SSSR count). The van der Waals surface area contributed by atoms with E-state index in [4.69, 9.17) is 0 Å². The molecule has 21 heavy (non-hydrogen) atoms. The van der Waals surface area contributed by atoms with Crippen LogP contribution in [0, 0.1) is 0 Å². The standard InChI is InChI=1S/C20H23N/c1-3-21(4-2)20-16-14-19(15-17-20)13-9-8-12-18-10-6-5-7-11-18/h5-17H,3-4H2,1-2H3. The molecule has 108 valence electrons. The first kappa shape index (κ1) is 15.1. The first-order chi connectivity index (χ1) is 10.3. The molecule has 0 N–H and O–H groups in total. The lowest BCUT2D eigenvalue weighted by Gasteiger charge is -2.20. The Morgan fingerprint density at radius 3 is 1.76 bits per heavy atom. The minimum Gasteiger partial charge on any atom is -0.372 e. The van der Waals surface area contributed by atoms with Gasteiger partial charge in [-0.1, -0.05) is 66.8 Å². The number of rotatable bonds is 6. The molecule has 0 heterocycles. The second-order valence-corrected chi connectivity index (χ2v) is 4.89. The zero-order valence-corrected chi connectivity index (χ0v) is 12.9. The van der Waals surface area contributed by atoms with Crippen LogP contribution >= 0.6 is 0 Å². The smallest absolute Gasteiger partial charge is 0.0366 e. The van der Waals surface area contributed by atoms with Crippen LogP contribution in [0.2, 0.25) is 0 Å². The van der Waals surface area contributed by atoms with Crippen LogP contribution in [0.3, 0.4) is 0 Å². The Kier molecular flexibility index (Phi) is 5.83. The van der Waals surface area contributed by atoms with E-state index in [9.17, 15) is 0 Å². The lowest BCUT2D eigenvalue weighted by Crippen LogP contribution is -2.21. The molecule has 0 saturated heterocycles. The van der Waals surface area contributed by atoms with Crippen LogP contribution in [0.1, 0.15) is 25.0 Å². The molecule has 0 aliphatic heterocycles. The first-order valence-corrected chi connectivity index (χ1v) is 7.58. The molecule has 2 aromatic carbocycles. The van der Waals surface area contributed by atoms with E-state index in [-0.39, 0.29) is 0 Å². The van der Waals surface area contributed by atoms with E-state index in [0.717, 1.165) is 13.1 Å². The van der Waals surface area contributed by atoms with Gasteiger partial charge in [0.15, 0.2) is 0 Å². The normalized spacial score (nSPS) is 11.3. The highest BCUT2D eigenvalue weighted by Gasteiger charge is 1.99. The summed E-state index contributed by atoms with van der Waals surface area (Å²) in [6, 6.07) is 19.0. The molecule has 1 heteroatoms. The molecule has 0 atom stereocenters. The molecule has 0 bridgehead atoms. The maximum atomic E-state index is 2.35. The number of hydrogen-bond donors (Lipinski definition) is 0. The Labute approximate surface area is 128 Å². The molecule has 0 spiro atoms. The molecular weight excluding hydrogens is 254 g/mol. The lowest BCUT2D eigenvalue weighted by atomic mass is 10.1. The Balaban J connectivity index is 1.97. The summed E-state index contributed by atoms with van der Waals surface area (Å²) in [5, 5.41) is 0. The van der Waals surface area contributed by atoms with Gasteiger partial charge in [-0.25, -0.2) is 0 Å². The summed E-state index contributed by atoms with van der Waals surface area (Å²) in [5.41, 5.74) is 3.74. The number of nitrogens with zero attached hydrogens (tertiary/aromatic N) is 1. The van der Waals surface area contributed by atoms with Gasteiger partial charge in [-0.2, -0.15) is 0 Å². The number of benzene rings is 2. The lowest BCUT2D eigenvalue weighted by molar-refractivity contribution is 0.866. The third-order valence-electron chi connectivity index (χ3n) is 3.51. The fourth-order valence-electron chi connectivity index (χ4n) is 2.28. The molecule has 0 aliphatic carbocycles. The minimum absolute atomic E-state index is 1.05. The number of hydrogen-bond acceptors (Lipinski definition) is 1. The summed E-state index contributed by atoms with van der Waals surface area (Å²) in [5.74, 6) is 0. The highest BCUT2D eigenvalue weighted by atomic mass is 15.1. The second-order valence-electron chi connectivity index (χ2n) is 4.89. The fraction of sp³-hybridized carbons (Fsp3) is 0.200. The molecule has 0 amide bonds. The van der Waals surface area contributed by atoms with Crippen LogP contribution in [-0.2, 0) is 0 Å². The quantitative estimate of drug-likeness (QED) is 0.651. The minimum atomic E-state index is 1.05. The highest BCUT2D eigenvalue weighted by molar-refractivity contribution is 5.59. The van der Waals surface area contributed by atoms with E-state index in [1.807, 2.05) is 6.07 Å². The molecular formula is C20H23N. The van der Waals surface area contributed by atoms with E-state index in [2.05, 4.69) is 91.6 Å². The molecule has 2 aromatic rings. The van der Waals surface area contributed by atoms with Crippen LogP contribution in [0.15, 0.2) is 66.7 Å². The molecule has 0 radical (unpaired) electrons. The summed E-state index contributed by atoms with van der Waals surface area (Å²) in [6.45, 7) is 6.47. The van der Waals surface area contributed by atoms with Crippen molar-refractivity contribution in [1.82, 2.24) is 0 Å². The number of anilines is 1. The summed E-state index contributed by atoms with van der Waals surface area (Å²) in [4.78, 5) is 2.35. The van der Waals surface area contributed by atoms with E-state index >= 15 is 0 Å². The first-order valence-electron chi connectivity index (χ1n) is 7.58. The van der Waals surface area contributed by atoms with E-state index in [0.29, 0.717) is 0 Å². The molecule has 0 aliphatic rings. The Morgan fingerprint density at radius 1 is 0.714 bits per heavy atom. The summed E-state index contributed by atoms with van der Waals surface area (Å²) >= 11 is 0. The zero-order valence-electron chi connectivity index (χ0n) is 12.9. The molecule has 0 saturated carbocycles. The van der Waals surface area contributed by atoms with Crippen molar-refractivity contribution in [3.63, 3.8) is 0 Å². The Bertz CT molecular complexity index is 575. The SMILES string of the molecule is CCN(CC)c1ccc(C=CC=Cc2ccccc2)cc1. The topological polar surface area (TPSA) is 3.24 Å². The van der Waals surface area contributed by atoms with Gasteiger partial charge in [0.2, 0.25) is 0 Å². The molecule has 0 unspecified atom stereocenters. The summed E-state index contributed by atoms with van der Waals surface area (Å²) < 4.78 is 0. The Morgan fingerprint density at radius 2 is 1.24 bits per heavy atom. The highest BCUT2D eigenvalue weighted by Crippen LogP contribution is 2.15. The largest absolute Gasteiger partial charge is 0.372 e. The van der Waals surface area contributed by atoms with Gasteiger partial charge in [0, 0.05) is 18.8 Å². The van der Waals surface area contributed by atoms with E-state index in [1.165, 1.54) is 16.8 Å². The van der Waals surface area contributed by atoms with Gasteiger partial charge in [-0.05, 0) is 37.1 Å². The predicted molar refractivity (Wildman–Crippen MR) is 94.5 cm³/mol. The average Bonchev–Trinajstić information content (AvgIpc) is 2.55. The van der Waals surface area contributed by atoms with Crippen molar-refractivity contribution in [2.45, 2.75) is 13.8 Å². The van der Waals surface area contributed by atoms with Crippen molar-refractivity contribution >= 4 is 17.8 Å². The molecule has 0 fully saturated rings. The predicted octanol–water partition coefficient (Wildman–Crippen LogP) is 5.26. The third-order valence-corrected chi connectivity index (χ3v) is 3.51. The van der Waals surface area contributed by atoms with Gasteiger partial charge in [-0.3, -0.25) is 0 Å². The van der Waals surface area contributed by atoms with Crippen LogP contribution in [0.5, 0.6) is 0 Å². The van der Waals surface area contributed by atoms with Gasteiger partial charge in [-0.15, -0.1) is 0 Å². The monoisotopic (exact) mass is 277 g/mol. The molecule has 0 aromatic heterocycles. The van der Waals surface area contributed by atoms with Crippen LogP contribution in [0.25, 0.3) is 12.2 Å². The van der Waals surface area contributed by atoms with E-state index in [1.54, 1.807) is 0 Å². The second kappa shape index (κ2) is 8.11. The maximum Gasteiger partial charge on any atom is 0.0366 e. The van der Waals surface area contributed by atoms with E-state index < -0.39 is 0 Å². The summed E-state index contributed by atoms with van der Waals surface area (Å²) in [7, 11) is 0. The molecule has 1 nitrogen and oxygen atoms in total. The van der Waals surface area contributed by atoms with Gasteiger partial charge in [0.1, 0.15) is 0 Å². The van der Waals surface area contributed by atoms with Crippen molar-refractivity contribution < 1.29 is 0 Å². The van der Waals surface area contributed by atoms with Gasteiger partial charge < -0.3 is 4.90 Å². The summed E-state index contributed by atoms with van der Waals surface area (Å²) in [6.07, 6.45) is 8.40.